The van der Waals surface area contributed by atoms with Crippen molar-refractivity contribution in [1.29, 1.82) is 0 Å². The lowest BCUT2D eigenvalue weighted by molar-refractivity contribution is 0.589. The second-order valence-electron chi connectivity index (χ2n) is 20.9. The highest BCUT2D eigenvalue weighted by Gasteiger charge is 2.47. The van der Waals surface area contributed by atoms with Crippen LogP contribution in [0.1, 0.15) is 101 Å². The van der Waals surface area contributed by atoms with E-state index >= 15 is 0 Å². The van der Waals surface area contributed by atoms with Crippen LogP contribution in [0.2, 0.25) is 0 Å². The molecule has 2 aliphatic rings. The third kappa shape index (κ3) is 6.13. The summed E-state index contributed by atoms with van der Waals surface area (Å²) in [6.45, 7) is 29.9. The first-order chi connectivity index (χ1) is 28.8. The zero-order valence-corrected chi connectivity index (χ0v) is 39.0. The maximum absolute atomic E-state index is 7.32. The molecule has 0 atom stereocenters. The van der Waals surface area contributed by atoms with Crippen LogP contribution in [0, 0.1) is 27.7 Å². The first-order valence-electron chi connectivity index (χ1n) is 22.0. The molecule has 0 amide bonds. The van der Waals surface area contributed by atoms with Gasteiger partial charge in [-0.1, -0.05) is 129 Å². The Morgan fingerprint density at radius 2 is 1.08 bits per heavy atom. The lowest BCUT2D eigenvalue weighted by Crippen LogP contribution is -2.61. The highest BCUT2D eigenvalue weighted by Crippen LogP contribution is 2.51. The van der Waals surface area contributed by atoms with Gasteiger partial charge in [0.05, 0.1) is 22.7 Å². The molecule has 5 heteroatoms. The van der Waals surface area contributed by atoms with Crippen LogP contribution in [-0.4, -0.2) is 6.71 Å². The highest BCUT2D eigenvalue weighted by molar-refractivity contribution is 7.17. The van der Waals surface area contributed by atoms with Crippen molar-refractivity contribution < 1.29 is 4.42 Å². The molecule has 2 aromatic heterocycles. The Kier molecular flexibility index (Phi) is 8.76. The van der Waals surface area contributed by atoms with E-state index < -0.39 is 0 Å². The molecule has 0 bridgehead atoms. The lowest BCUT2D eigenvalue weighted by atomic mass is 9.35. The van der Waals surface area contributed by atoms with Gasteiger partial charge in [-0.05, 0) is 141 Å². The molecule has 0 spiro atoms. The molecular weight excluding hydrogens is 760 g/mol. The van der Waals surface area contributed by atoms with Crippen LogP contribution in [0.25, 0.3) is 32.2 Å². The molecule has 4 heterocycles. The minimum Gasteiger partial charge on any atom is -0.468 e. The van der Waals surface area contributed by atoms with Crippen LogP contribution >= 0.6 is 11.3 Å². The topological polar surface area (TPSA) is 19.6 Å². The van der Waals surface area contributed by atoms with Crippen molar-refractivity contribution in [3.05, 3.63) is 147 Å². The number of anilines is 6. The van der Waals surface area contributed by atoms with Gasteiger partial charge in [0.2, 0.25) is 0 Å². The van der Waals surface area contributed by atoms with E-state index in [4.69, 9.17) is 4.42 Å². The second kappa shape index (κ2) is 13.5. The van der Waals surface area contributed by atoms with E-state index in [9.17, 15) is 0 Å². The number of benzene rings is 6. The maximum Gasteiger partial charge on any atom is 0.297 e. The first kappa shape index (κ1) is 39.6. The van der Waals surface area contributed by atoms with Gasteiger partial charge in [0.1, 0.15) is 5.58 Å². The number of hydrogen-bond donors (Lipinski definition) is 0. The average molecular weight is 817 g/mol. The summed E-state index contributed by atoms with van der Waals surface area (Å²) in [5.74, 6) is 0. The summed E-state index contributed by atoms with van der Waals surface area (Å²) in [6.07, 6.45) is 0. The third-order valence-corrected chi connectivity index (χ3v) is 14.4. The van der Waals surface area contributed by atoms with Crippen molar-refractivity contribution in [2.24, 2.45) is 0 Å². The minimum absolute atomic E-state index is 0.0263. The minimum atomic E-state index is -0.119. The summed E-state index contributed by atoms with van der Waals surface area (Å²) in [4.78, 5) is 5.16. The summed E-state index contributed by atoms with van der Waals surface area (Å²) in [5, 5.41) is 4.79. The van der Waals surface area contributed by atoms with Gasteiger partial charge in [-0.3, -0.25) is 0 Å². The Balaban J connectivity index is 1.32. The van der Waals surface area contributed by atoms with E-state index in [2.05, 4.69) is 208 Å². The van der Waals surface area contributed by atoms with Gasteiger partial charge in [0, 0.05) is 38.1 Å². The normalized spacial score (nSPS) is 13.9. The van der Waals surface area contributed by atoms with Crippen molar-refractivity contribution in [2.45, 2.75) is 106 Å². The van der Waals surface area contributed by atoms with Crippen molar-refractivity contribution in [1.82, 2.24) is 0 Å². The smallest absolute Gasteiger partial charge is 0.297 e. The molecule has 0 aliphatic carbocycles. The number of rotatable bonds is 3. The van der Waals surface area contributed by atoms with Gasteiger partial charge < -0.3 is 14.2 Å². The largest absolute Gasteiger partial charge is 0.468 e. The fourth-order valence-electron chi connectivity index (χ4n) is 10.2. The molecule has 0 unspecified atom stereocenters. The van der Waals surface area contributed by atoms with Crippen molar-refractivity contribution in [2.75, 3.05) is 9.80 Å². The quantitative estimate of drug-likeness (QED) is 0.166. The Morgan fingerprint density at radius 1 is 0.508 bits per heavy atom. The van der Waals surface area contributed by atoms with Crippen LogP contribution in [0.4, 0.5) is 34.1 Å². The molecule has 6 aromatic carbocycles. The van der Waals surface area contributed by atoms with Gasteiger partial charge in [-0.2, -0.15) is 0 Å². The molecule has 0 N–H and O–H groups in total. The zero-order valence-electron chi connectivity index (χ0n) is 38.2. The number of furan rings is 1. The van der Waals surface area contributed by atoms with Crippen molar-refractivity contribution in [3.8, 4) is 11.1 Å². The van der Waals surface area contributed by atoms with Crippen LogP contribution in [0.15, 0.2) is 113 Å². The Labute approximate surface area is 367 Å². The number of thiophene rings is 1. The molecule has 0 radical (unpaired) electrons. The SMILES string of the molecule is Cc1cc(C(C)(C)C)cc(C)c1N1c2cc(-c3csc4ccccc34)ccc2B2c3oc4ccc(C(C)(C)C)cc4c3N(c3c(C)cc(C(C)(C)C)cc3C)c3cccc1c32. The van der Waals surface area contributed by atoms with Gasteiger partial charge in [-0.15, -0.1) is 11.3 Å². The fourth-order valence-corrected chi connectivity index (χ4v) is 11.2. The zero-order chi connectivity index (χ0) is 43.1. The van der Waals surface area contributed by atoms with Crippen LogP contribution in [0.3, 0.4) is 0 Å². The number of hydrogen-bond acceptors (Lipinski definition) is 4. The molecule has 10 rings (SSSR count). The number of aryl methyl sites for hydroxylation is 4. The lowest BCUT2D eigenvalue weighted by Gasteiger charge is -2.44. The van der Waals surface area contributed by atoms with Crippen molar-refractivity contribution in [3.63, 3.8) is 0 Å². The predicted octanol–water partition coefficient (Wildman–Crippen LogP) is 14.5. The molecular formula is C56H57BN2OS. The Hall–Kier alpha value is -5.52. The van der Waals surface area contributed by atoms with E-state index in [1.165, 1.54) is 99.5 Å². The van der Waals surface area contributed by atoms with Gasteiger partial charge >= 0.3 is 0 Å². The first-order valence-corrected chi connectivity index (χ1v) is 22.8. The summed E-state index contributed by atoms with van der Waals surface area (Å²) in [7, 11) is 0. The molecule has 0 saturated carbocycles. The van der Waals surface area contributed by atoms with E-state index in [-0.39, 0.29) is 23.0 Å². The average Bonchev–Trinajstić information content (AvgIpc) is 3.79. The monoisotopic (exact) mass is 816 g/mol. The van der Waals surface area contributed by atoms with E-state index in [1.807, 2.05) is 11.3 Å². The number of fused-ring (bicyclic) bond motifs is 7. The molecule has 306 valence electrons. The molecule has 61 heavy (non-hydrogen) atoms. The predicted molar refractivity (Wildman–Crippen MR) is 266 cm³/mol. The standard InChI is InChI=1S/C56H57BN2OS/c1-32-25-38(55(8,9)10)26-33(2)50(32)58-44-18-16-19-45-49(44)57(43-23-21-36(29-46(43)58)42-31-61-48-20-15-14-17-40(42)48)53-52(41-30-37(54(5,6)7)22-24-47(41)60-53)59(45)51-34(3)27-39(28-35(51)4)56(11,12)13/h14-31H,1-13H3. The van der Waals surface area contributed by atoms with Crippen LogP contribution < -0.4 is 26.4 Å². The van der Waals surface area contributed by atoms with E-state index in [0.29, 0.717) is 0 Å². The summed E-state index contributed by atoms with van der Waals surface area (Å²) in [6, 6.07) is 39.5. The van der Waals surface area contributed by atoms with Crippen LogP contribution in [0.5, 0.6) is 0 Å². The summed E-state index contributed by atoms with van der Waals surface area (Å²) < 4.78 is 8.62. The van der Waals surface area contributed by atoms with E-state index in [1.54, 1.807) is 0 Å². The Bertz CT molecular complexity index is 3060. The fraction of sp³-hybridized carbons (Fsp3) is 0.286. The molecule has 0 fully saturated rings. The van der Waals surface area contributed by atoms with Gasteiger partial charge in [-0.25, -0.2) is 0 Å². The molecule has 2 aliphatic heterocycles. The maximum atomic E-state index is 7.32. The van der Waals surface area contributed by atoms with Gasteiger partial charge in [0.25, 0.3) is 6.71 Å². The Morgan fingerprint density at radius 3 is 1.69 bits per heavy atom. The summed E-state index contributed by atoms with van der Waals surface area (Å²) >= 11 is 1.82. The molecule has 0 saturated heterocycles. The second-order valence-corrected chi connectivity index (χ2v) is 21.8. The third-order valence-electron chi connectivity index (χ3n) is 13.4. The van der Waals surface area contributed by atoms with E-state index in [0.717, 1.165) is 22.3 Å². The molecule has 8 aromatic rings. The highest BCUT2D eigenvalue weighted by atomic mass is 32.1. The van der Waals surface area contributed by atoms with Crippen LogP contribution in [-0.2, 0) is 16.2 Å². The number of nitrogens with zero attached hydrogens (tertiary/aromatic N) is 2. The van der Waals surface area contributed by atoms with Gasteiger partial charge in [0.15, 0.2) is 0 Å². The van der Waals surface area contributed by atoms with Crippen molar-refractivity contribution >= 4 is 89.8 Å². The molecule has 3 nitrogen and oxygen atoms in total. The summed E-state index contributed by atoms with van der Waals surface area (Å²) in [5.41, 5.74) is 23.3.